The number of ether oxygens (including phenoxy) is 2. The van der Waals surface area contributed by atoms with Crippen LogP contribution >= 0.6 is 0 Å². The highest BCUT2D eigenvalue weighted by molar-refractivity contribution is 7.91. The summed E-state index contributed by atoms with van der Waals surface area (Å²) < 4.78 is 37.6. The number of rotatable bonds is 5. The van der Waals surface area contributed by atoms with Crippen LogP contribution in [0.3, 0.4) is 0 Å². The molecule has 0 amide bonds. The summed E-state index contributed by atoms with van der Waals surface area (Å²) in [6, 6.07) is 27.9. The molecule has 4 nitrogen and oxygen atoms in total. The predicted octanol–water partition coefficient (Wildman–Crippen LogP) is 4.32. The van der Waals surface area contributed by atoms with Crippen molar-refractivity contribution in [2.45, 2.75) is 23.4 Å². The van der Waals surface area contributed by atoms with Gasteiger partial charge in [0.2, 0.25) is 0 Å². The summed E-state index contributed by atoms with van der Waals surface area (Å²) in [5.74, 6) is -0.219. The topological polar surface area (TPSA) is 52.6 Å². The van der Waals surface area contributed by atoms with Crippen LogP contribution < -0.4 is 0 Å². The molecule has 1 heterocycles. The summed E-state index contributed by atoms with van der Waals surface area (Å²) in [7, 11) is -3.50. The summed E-state index contributed by atoms with van der Waals surface area (Å²) in [6.07, 6.45) is -1.54. The third kappa shape index (κ3) is 3.95. The molecule has 1 saturated heterocycles. The minimum absolute atomic E-state index is 0.219. The number of hydrogen-bond donors (Lipinski definition) is 0. The van der Waals surface area contributed by atoms with Gasteiger partial charge in [-0.3, -0.25) is 0 Å². The van der Waals surface area contributed by atoms with Crippen molar-refractivity contribution in [1.29, 1.82) is 0 Å². The molecule has 1 aliphatic heterocycles. The zero-order chi connectivity index (χ0) is 18.7. The van der Waals surface area contributed by atoms with Crippen molar-refractivity contribution in [2.24, 2.45) is 0 Å². The molecule has 138 valence electrons. The average Bonchev–Trinajstić information content (AvgIpc) is 3.13. The fourth-order valence-corrected chi connectivity index (χ4v) is 4.56. The summed E-state index contributed by atoms with van der Waals surface area (Å²) >= 11 is 0. The van der Waals surface area contributed by atoms with Gasteiger partial charge in [-0.05, 0) is 23.3 Å². The Morgan fingerprint density at radius 2 is 1.04 bits per heavy atom. The van der Waals surface area contributed by atoms with Crippen molar-refractivity contribution in [1.82, 2.24) is 0 Å². The fraction of sp³-hybridized carbons (Fsp3) is 0.182. The van der Waals surface area contributed by atoms with E-state index in [0.717, 1.165) is 11.1 Å². The van der Waals surface area contributed by atoms with Gasteiger partial charge in [0.05, 0.1) is 4.90 Å². The highest BCUT2D eigenvalue weighted by atomic mass is 32.2. The van der Waals surface area contributed by atoms with Crippen molar-refractivity contribution < 1.29 is 17.9 Å². The maximum atomic E-state index is 12.7. The normalized spacial score (nSPS) is 20.6. The van der Waals surface area contributed by atoms with E-state index in [4.69, 9.17) is 9.47 Å². The minimum Gasteiger partial charge on any atom is -0.341 e. The first kappa shape index (κ1) is 17.9. The predicted molar refractivity (Wildman–Crippen MR) is 103 cm³/mol. The van der Waals surface area contributed by atoms with E-state index in [1.165, 1.54) is 0 Å². The molecule has 0 N–H and O–H groups in total. The molecule has 0 unspecified atom stereocenters. The van der Waals surface area contributed by atoms with Gasteiger partial charge in [-0.15, -0.1) is 0 Å². The van der Waals surface area contributed by atoms with Crippen LogP contribution in [0.25, 0.3) is 0 Å². The lowest BCUT2D eigenvalue weighted by molar-refractivity contribution is -0.0489. The average molecular weight is 380 g/mol. The van der Waals surface area contributed by atoms with Crippen LogP contribution in [0.2, 0.25) is 0 Å². The van der Waals surface area contributed by atoms with Crippen molar-refractivity contribution >= 4 is 9.84 Å². The lowest BCUT2D eigenvalue weighted by atomic mass is 9.99. The van der Waals surface area contributed by atoms with Gasteiger partial charge in [-0.25, -0.2) is 8.42 Å². The summed E-state index contributed by atoms with van der Waals surface area (Å²) in [5, 5.41) is 0. The maximum absolute atomic E-state index is 12.7. The van der Waals surface area contributed by atoms with Crippen molar-refractivity contribution in [3.05, 3.63) is 102 Å². The van der Waals surface area contributed by atoms with Gasteiger partial charge in [0, 0.05) is 0 Å². The van der Waals surface area contributed by atoms with E-state index < -0.39 is 16.1 Å². The van der Waals surface area contributed by atoms with Crippen LogP contribution in [-0.2, 0) is 19.3 Å². The zero-order valence-electron chi connectivity index (χ0n) is 14.6. The molecule has 0 aliphatic carbocycles. The SMILES string of the molecule is O=S(=O)(CC1O[C@H](c2ccccc2)[C@@H](c2ccccc2)O1)c1ccccc1. The summed E-state index contributed by atoms with van der Waals surface area (Å²) in [5.41, 5.74) is 1.93. The quantitative estimate of drug-likeness (QED) is 0.662. The van der Waals surface area contributed by atoms with E-state index >= 15 is 0 Å². The van der Waals surface area contributed by atoms with Crippen LogP contribution in [-0.4, -0.2) is 20.5 Å². The van der Waals surface area contributed by atoms with E-state index in [9.17, 15) is 8.42 Å². The Kier molecular flexibility index (Phi) is 5.07. The largest absolute Gasteiger partial charge is 0.341 e. The van der Waals surface area contributed by atoms with Crippen molar-refractivity contribution in [3.63, 3.8) is 0 Å². The van der Waals surface area contributed by atoms with Crippen LogP contribution in [0.5, 0.6) is 0 Å². The van der Waals surface area contributed by atoms with E-state index in [1.807, 2.05) is 60.7 Å². The lowest BCUT2D eigenvalue weighted by Crippen LogP contribution is -2.22. The molecule has 27 heavy (non-hydrogen) atoms. The molecule has 5 heteroatoms. The molecule has 1 aliphatic rings. The van der Waals surface area contributed by atoms with Gasteiger partial charge in [-0.1, -0.05) is 78.9 Å². The maximum Gasteiger partial charge on any atom is 0.183 e. The van der Waals surface area contributed by atoms with E-state index in [0.29, 0.717) is 0 Å². The monoisotopic (exact) mass is 380 g/mol. The molecule has 0 bridgehead atoms. The Hall–Kier alpha value is -2.47. The molecule has 0 aromatic heterocycles. The van der Waals surface area contributed by atoms with Gasteiger partial charge in [-0.2, -0.15) is 0 Å². The highest BCUT2D eigenvalue weighted by Gasteiger charge is 2.40. The van der Waals surface area contributed by atoms with Gasteiger partial charge < -0.3 is 9.47 Å². The minimum atomic E-state index is -3.50. The Morgan fingerprint density at radius 1 is 0.630 bits per heavy atom. The molecule has 0 radical (unpaired) electrons. The van der Waals surface area contributed by atoms with E-state index in [1.54, 1.807) is 30.3 Å². The Bertz CT molecular complexity index is 925. The number of hydrogen-bond acceptors (Lipinski definition) is 4. The van der Waals surface area contributed by atoms with Gasteiger partial charge >= 0.3 is 0 Å². The van der Waals surface area contributed by atoms with Gasteiger partial charge in [0.1, 0.15) is 18.0 Å². The first-order valence-corrected chi connectivity index (χ1v) is 10.5. The van der Waals surface area contributed by atoms with Crippen LogP contribution in [0, 0.1) is 0 Å². The van der Waals surface area contributed by atoms with Crippen LogP contribution in [0.4, 0.5) is 0 Å². The molecule has 4 rings (SSSR count). The zero-order valence-corrected chi connectivity index (χ0v) is 15.5. The van der Waals surface area contributed by atoms with Gasteiger partial charge in [0.25, 0.3) is 0 Å². The first-order chi connectivity index (χ1) is 13.1. The number of sulfone groups is 1. The Balaban J connectivity index is 1.61. The third-order valence-corrected chi connectivity index (χ3v) is 6.29. The molecular formula is C22H20O4S. The highest BCUT2D eigenvalue weighted by Crippen LogP contribution is 2.43. The third-order valence-electron chi connectivity index (χ3n) is 4.59. The first-order valence-electron chi connectivity index (χ1n) is 8.82. The van der Waals surface area contributed by atoms with Crippen LogP contribution in [0.15, 0.2) is 95.9 Å². The lowest BCUT2D eigenvalue weighted by Gasteiger charge is -2.17. The van der Waals surface area contributed by atoms with E-state index in [2.05, 4.69) is 0 Å². The Morgan fingerprint density at radius 3 is 1.48 bits per heavy atom. The second kappa shape index (κ2) is 7.64. The van der Waals surface area contributed by atoms with E-state index in [-0.39, 0.29) is 22.9 Å². The Labute approximate surface area is 159 Å². The molecular weight excluding hydrogens is 360 g/mol. The van der Waals surface area contributed by atoms with Crippen molar-refractivity contribution in [2.75, 3.05) is 5.75 Å². The molecule has 0 spiro atoms. The molecule has 0 saturated carbocycles. The second-order valence-electron chi connectivity index (χ2n) is 6.46. The number of benzene rings is 3. The summed E-state index contributed by atoms with van der Waals surface area (Å²) in [4.78, 5) is 0.275. The molecule has 2 atom stereocenters. The standard InChI is InChI=1S/C22H20O4S/c23-27(24,19-14-8-3-9-15-19)16-20-25-21(17-10-4-1-5-11-17)22(26-20)18-12-6-2-7-13-18/h1-15,20-22H,16H2/t21-,22-/m1/s1. The summed E-state index contributed by atoms with van der Waals surface area (Å²) in [6.45, 7) is 0. The van der Waals surface area contributed by atoms with Crippen molar-refractivity contribution in [3.8, 4) is 0 Å². The molecule has 3 aromatic carbocycles. The molecule has 1 fully saturated rings. The van der Waals surface area contributed by atoms with Crippen LogP contribution in [0.1, 0.15) is 23.3 Å². The molecule has 3 aromatic rings. The second-order valence-corrected chi connectivity index (χ2v) is 8.49. The van der Waals surface area contributed by atoms with Gasteiger partial charge in [0.15, 0.2) is 16.1 Å². The smallest absolute Gasteiger partial charge is 0.183 e. The fourth-order valence-electron chi connectivity index (χ4n) is 3.28.